The van der Waals surface area contributed by atoms with Gasteiger partial charge in [0.05, 0.1) is 10.2 Å². The predicted molar refractivity (Wildman–Crippen MR) is 118 cm³/mol. The Labute approximate surface area is 175 Å². The Balaban J connectivity index is 1.49. The molecule has 1 aromatic heterocycles. The van der Waals surface area contributed by atoms with Gasteiger partial charge < -0.3 is 10.6 Å². The molecule has 0 fully saturated rings. The maximum atomic E-state index is 13.0. The maximum Gasteiger partial charge on any atom is 0.323 e. The van der Waals surface area contributed by atoms with Crippen molar-refractivity contribution >= 4 is 50.0 Å². The lowest BCUT2D eigenvalue weighted by Crippen LogP contribution is -2.19. The molecule has 0 bridgehead atoms. The van der Waals surface area contributed by atoms with E-state index in [-0.39, 0.29) is 11.7 Å². The molecule has 0 radical (unpaired) electrons. The van der Waals surface area contributed by atoms with Gasteiger partial charge in [0.15, 0.2) is 5.13 Å². The molecule has 4 rings (SSSR count). The number of fused-ring (bicyclic) bond motifs is 1. The first-order valence-corrected chi connectivity index (χ1v) is 9.91. The summed E-state index contributed by atoms with van der Waals surface area (Å²) in [5.41, 5.74) is 3.24. The highest BCUT2D eigenvalue weighted by atomic mass is 32.1. The van der Waals surface area contributed by atoms with Crippen molar-refractivity contribution in [1.82, 2.24) is 4.98 Å². The number of amides is 3. The third kappa shape index (κ3) is 4.44. The summed E-state index contributed by atoms with van der Waals surface area (Å²) < 4.78 is 13.8. The quantitative estimate of drug-likeness (QED) is 0.399. The third-order valence-corrected chi connectivity index (χ3v) is 5.22. The first-order valence-electron chi connectivity index (χ1n) is 9.09. The molecular formula is C22H17FN4O2S. The molecule has 0 atom stereocenters. The Kier molecular flexibility index (Phi) is 5.40. The maximum absolute atomic E-state index is 13.0. The lowest BCUT2D eigenvalue weighted by atomic mass is 10.2. The van der Waals surface area contributed by atoms with Crippen molar-refractivity contribution in [3.05, 3.63) is 83.7 Å². The van der Waals surface area contributed by atoms with Gasteiger partial charge in [0.1, 0.15) is 5.82 Å². The van der Waals surface area contributed by atoms with Crippen LogP contribution in [0.2, 0.25) is 0 Å². The zero-order valence-corrected chi connectivity index (χ0v) is 16.7. The number of carbonyl (C=O) groups is 2. The average Bonchev–Trinajstić information content (AvgIpc) is 3.13. The number of nitrogens with one attached hydrogen (secondary N) is 3. The lowest BCUT2D eigenvalue weighted by Gasteiger charge is -2.08. The Morgan fingerprint density at radius 3 is 2.33 bits per heavy atom. The number of nitrogens with zero attached hydrogens (tertiary/aromatic N) is 1. The zero-order chi connectivity index (χ0) is 21.1. The third-order valence-electron chi connectivity index (χ3n) is 4.30. The fraction of sp³-hybridized carbons (Fsp3) is 0.0455. The zero-order valence-electron chi connectivity index (χ0n) is 15.9. The molecule has 1 heterocycles. The number of hydrogen-bond acceptors (Lipinski definition) is 4. The van der Waals surface area contributed by atoms with Crippen LogP contribution in [0.3, 0.4) is 0 Å². The van der Waals surface area contributed by atoms with E-state index in [0.717, 1.165) is 15.8 Å². The van der Waals surface area contributed by atoms with Gasteiger partial charge in [-0.3, -0.25) is 10.1 Å². The largest absolute Gasteiger partial charge is 0.323 e. The first kappa shape index (κ1) is 19.5. The van der Waals surface area contributed by atoms with Crippen LogP contribution in [0.15, 0.2) is 66.7 Å². The summed E-state index contributed by atoms with van der Waals surface area (Å²) in [5, 5.41) is 8.70. The fourth-order valence-electron chi connectivity index (χ4n) is 2.91. The molecular weight excluding hydrogens is 403 g/mol. The van der Waals surface area contributed by atoms with Crippen LogP contribution in [0.1, 0.15) is 15.9 Å². The predicted octanol–water partition coefficient (Wildman–Crippen LogP) is 5.64. The molecule has 0 unspecified atom stereocenters. The molecule has 3 aromatic carbocycles. The van der Waals surface area contributed by atoms with E-state index < -0.39 is 6.03 Å². The van der Waals surface area contributed by atoms with E-state index in [9.17, 15) is 14.0 Å². The molecule has 0 aliphatic heterocycles. The summed E-state index contributed by atoms with van der Waals surface area (Å²) >= 11 is 1.32. The molecule has 6 nitrogen and oxygen atoms in total. The number of anilines is 3. The summed E-state index contributed by atoms with van der Waals surface area (Å²) in [6, 6.07) is 17.6. The number of aryl methyl sites for hydroxylation is 1. The number of halogens is 1. The molecule has 3 N–H and O–H groups in total. The second kappa shape index (κ2) is 8.30. The Bertz CT molecular complexity index is 1220. The first-order chi connectivity index (χ1) is 14.5. The number of thiazole rings is 1. The number of rotatable bonds is 4. The van der Waals surface area contributed by atoms with Crippen LogP contribution in [-0.4, -0.2) is 16.9 Å². The smallest absolute Gasteiger partial charge is 0.308 e. The van der Waals surface area contributed by atoms with Crippen molar-refractivity contribution in [2.24, 2.45) is 0 Å². The summed E-state index contributed by atoms with van der Waals surface area (Å²) in [5.74, 6) is -0.605. The van der Waals surface area contributed by atoms with E-state index in [1.54, 1.807) is 36.4 Å². The van der Waals surface area contributed by atoms with Crippen molar-refractivity contribution in [1.29, 1.82) is 0 Å². The highest BCUT2D eigenvalue weighted by molar-refractivity contribution is 7.22. The molecule has 0 spiro atoms. The second-order valence-electron chi connectivity index (χ2n) is 6.57. The van der Waals surface area contributed by atoms with Gasteiger partial charge in [-0.25, -0.2) is 14.2 Å². The van der Waals surface area contributed by atoms with Crippen LogP contribution < -0.4 is 16.0 Å². The van der Waals surface area contributed by atoms with Gasteiger partial charge in [0.2, 0.25) is 0 Å². The lowest BCUT2D eigenvalue weighted by molar-refractivity contribution is 0.102. The van der Waals surface area contributed by atoms with Gasteiger partial charge in [-0.05, 0) is 61.0 Å². The van der Waals surface area contributed by atoms with E-state index >= 15 is 0 Å². The number of carbonyl (C=O) groups excluding carboxylic acids is 2. The summed E-state index contributed by atoms with van der Waals surface area (Å²) in [7, 11) is 0. The van der Waals surface area contributed by atoms with Crippen molar-refractivity contribution in [3.8, 4) is 0 Å². The van der Waals surface area contributed by atoms with Crippen molar-refractivity contribution in [3.63, 3.8) is 0 Å². The van der Waals surface area contributed by atoms with Gasteiger partial charge >= 0.3 is 6.03 Å². The minimum Gasteiger partial charge on any atom is -0.308 e. The van der Waals surface area contributed by atoms with Crippen LogP contribution in [0.5, 0.6) is 0 Å². The topological polar surface area (TPSA) is 83.1 Å². The molecule has 3 amide bonds. The van der Waals surface area contributed by atoms with Crippen LogP contribution >= 0.6 is 11.3 Å². The molecule has 4 aromatic rings. The number of aromatic nitrogens is 1. The number of urea groups is 1. The normalized spacial score (nSPS) is 10.6. The second-order valence-corrected chi connectivity index (χ2v) is 7.60. The molecule has 0 saturated heterocycles. The Morgan fingerprint density at radius 2 is 1.60 bits per heavy atom. The number of benzene rings is 3. The molecule has 30 heavy (non-hydrogen) atoms. The Hall–Kier alpha value is -3.78. The van der Waals surface area contributed by atoms with Gasteiger partial charge in [-0.2, -0.15) is 0 Å². The summed E-state index contributed by atoms with van der Waals surface area (Å²) in [6.07, 6.45) is 0. The Morgan fingerprint density at radius 1 is 0.900 bits per heavy atom. The fourth-order valence-corrected chi connectivity index (χ4v) is 3.89. The minimum atomic E-state index is -0.442. The van der Waals surface area contributed by atoms with Crippen molar-refractivity contribution < 1.29 is 14.0 Å². The van der Waals surface area contributed by atoms with Crippen LogP contribution in [0, 0.1) is 12.7 Å². The summed E-state index contributed by atoms with van der Waals surface area (Å²) in [4.78, 5) is 29.1. The minimum absolute atomic E-state index is 0.232. The van der Waals surface area contributed by atoms with Gasteiger partial charge in [0.25, 0.3) is 5.91 Å². The van der Waals surface area contributed by atoms with Gasteiger partial charge in [-0.1, -0.05) is 29.5 Å². The average molecular weight is 420 g/mol. The van der Waals surface area contributed by atoms with E-state index in [1.165, 1.54) is 35.6 Å². The van der Waals surface area contributed by atoms with Crippen LogP contribution in [0.25, 0.3) is 10.2 Å². The monoisotopic (exact) mass is 420 g/mol. The highest BCUT2D eigenvalue weighted by Gasteiger charge is 2.13. The molecule has 0 saturated carbocycles. The van der Waals surface area contributed by atoms with Crippen LogP contribution in [0.4, 0.5) is 25.7 Å². The van der Waals surface area contributed by atoms with Gasteiger partial charge in [0, 0.05) is 16.9 Å². The van der Waals surface area contributed by atoms with Crippen molar-refractivity contribution in [2.75, 3.05) is 16.0 Å². The number of hydrogen-bond donors (Lipinski definition) is 3. The van der Waals surface area contributed by atoms with Crippen LogP contribution in [-0.2, 0) is 0 Å². The SMILES string of the molecule is Cc1cc(NC(=O)Nc2ccc(F)cc2)cc2sc(NC(=O)c3ccccc3)nc12. The van der Waals surface area contributed by atoms with E-state index in [2.05, 4.69) is 20.9 Å². The molecule has 0 aliphatic carbocycles. The van der Waals surface area contributed by atoms with Crippen molar-refractivity contribution in [2.45, 2.75) is 6.92 Å². The molecule has 0 aliphatic rings. The standard InChI is InChI=1S/C22H17FN4O2S/c1-13-11-17(25-21(29)24-16-9-7-15(23)8-10-16)12-18-19(13)26-22(30-18)27-20(28)14-5-3-2-4-6-14/h2-12H,1H3,(H2,24,25,29)(H,26,27,28). The van der Waals surface area contributed by atoms with E-state index in [1.807, 2.05) is 13.0 Å². The van der Waals surface area contributed by atoms with E-state index in [4.69, 9.17) is 0 Å². The van der Waals surface area contributed by atoms with E-state index in [0.29, 0.717) is 22.1 Å². The highest BCUT2D eigenvalue weighted by Crippen LogP contribution is 2.31. The molecule has 8 heteroatoms. The summed E-state index contributed by atoms with van der Waals surface area (Å²) in [6.45, 7) is 1.88. The molecule has 150 valence electrons. The van der Waals surface area contributed by atoms with Gasteiger partial charge in [-0.15, -0.1) is 0 Å².